The van der Waals surface area contributed by atoms with Gasteiger partial charge in [-0.2, -0.15) is 0 Å². The highest BCUT2D eigenvalue weighted by Gasteiger charge is 2.08. The first-order valence-electron chi connectivity index (χ1n) is 6.46. The summed E-state index contributed by atoms with van der Waals surface area (Å²) < 4.78 is 14.1. The zero-order valence-corrected chi connectivity index (χ0v) is 12.9. The van der Waals surface area contributed by atoms with Gasteiger partial charge in [0.2, 0.25) is 0 Å². The molecule has 0 radical (unpaired) electrons. The lowest BCUT2D eigenvalue weighted by Crippen LogP contribution is -2.38. The number of nitrogens with zero attached hydrogens (tertiary/aromatic N) is 1. The van der Waals surface area contributed by atoms with Crippen molar-refractivity contribution in [3.63, 3.8) is 0 Å². The van der Waals surface area contributed by atoms with E-state index in [-0.39, 0.29) is 5.82 Å². The molecule has 0 spiro atoms. The van der Waals surface area contributed by atoms with Crippen molar-refractivity contribution in [1.29, 1.82) is 0 Å². The van der Waals surface area contributed by atoms with Crippen LogP contribution in [0.25, 0.3) is 0 Å². The first-order chi connectivity index (χ1) is 8.56. The van der Waals surface area contributed by atoms with Gasteiger partial charge in [0.15, 0.2) is 0 Å². The summed E-state index contributed by atoms with van der Waals surface area (Å²) in [7, 11) is 0. The summed E-state index contributed by atoms with van der Waals surface area (Å²) in [6, 6.07) is 5.18. The minimum atomic E-state index is -0.189. The zero-order chi connectivity index (χ0) is 13.5. The standard InChI is InChI=1S/C14H22BrFN2/c1-4-18(5-2)10-11(3)17-9-12-8-13(16)6-7-14(12)15/h6-8,11,17H,4-5,9-10H2,1-3H3. The summed E-state index contributed by atoms with van der Waals surface area (Å²) in [6.45, 7) is 10.3. The lowest BCUT2D eigenvalue weighted by atomic mass is 10.2. The van der Waals surface area contributed by atoms with Gasteiger partial charge in [-0.25, -0.2) is 4.39 Å². The third kappa shape index (κ3) is 5.04. The van der Waals surface area contributed by atoms with Gasteiger partial charge in [0.25, 0.3) is 0 Å². The van der Waals surface area contributed by atoms with Crippen LogP contribution in [-0.4, -0.2) is 30.6 Å². The van der Waals surface area contributed by atoms with Crippen LogP contribution in [0, 0.1) is 5.82 Å². The monoisotopic (exact) mass is 316 g/mol. The molecule has 0 aliphatic rings. The molecule has 0 aromatic heterocycles. The van der Waals surface area contributed by atoms with E-state index in [4.69, 9.17) is 0 Å². The fourth-order valence-electron chi connectivity index (χ4n) is 1.90. The molecule has 4 heteroatoms. The third-order valence-electron chi connectivity index (χ3n) is 3.08. The molecule has 0 bridgehead atoms. The van der Waals surface area contributed by atoms with Gasteiger partial charge in [-0.1, -0.05) is 29.8 Å². The number of halogens is 2. The molecule has 0 heterocycles. The maximum atomic E-state index is 13.1. The summed E-state index contributed by atoms with van der Waals surface area (Å²) in [5.41, 5.74) is 0.960. The summed E-state index contributed by atoms with van der Waals surface area (Å²) in [5, 5.41) is 3.43. The highest BCUT2D eigenvalue weighted by Crippen LogP contribution is 2.17. The van der Waals surface area contributed by atoms with Gasteiger partial charge in [-0.3, -0.25) is 0 Å². The second-order valence-electron chi connectivity index (χ2n) is 4.50. The second-order valence-corrected chi connectivity index (χ2v) is 5.36. The van der Waals surface area contributed by atoms with Crippen molar-refractivity contribution in [2.75, 3.05) is 19.6 Å². The van der Waals surface area contributed by atoms with Crippen LogP contribution in [0.3, 0.4) is 0 Å². The molecule has 1 unspecified atom stereocenters. The fraction of sp³-hybridized carbons (Fsp3) is 0.571. The number of hydrogen-bond donors (Lipinski definition) is 1. The van der Waals surface area contributed by atoms with Gasteiger partial charge >= 0.3 is 0 Å². The first-order valence-corrected chi connectivity index (χ1v) is 7.25. The van der Waals surface area contributed by atoms with Gasteiger partial charge < -0.3 is 10.2 Å². The van der Waals surface area contributed by atoms with Crippen LogP contribution in [0.1, 0.15) is 26.3 Å². The molecule has 2 nitrogen and oxygen atoms in total. The van der Waals surface area contributed by atoms with Crippen molar-refractivity contribution in [3.05, 3.63) is 34.1 Å². The Balaban J connectivity index is 2.46. The molecule has 1 rings (SSSR count). The number of hydrogen-bond acceptors (Lipinski definition) is 2. The Kier molecular flexibility index (Phi) is 6.82. The van der Waals surface area contributed by atoms with Gasteiger partial charge in [0, 0.05) is 23.6 Å². The minimum absolute atomic E-state index is 0.189. The van der Waals surface area contributed by atoms with E-state index >= 15 is 0 Å². The van der Waals surface area contributed by atoms with Gasteiger partial charge in [0.05, 0.1) is 0 Å². The second kappa shape index (κ2) is 7.87. The average molecular weight is 317 g/mol. The molecule has 0 fully saturated rings. The molecule has 1 N–H and O–H groups in total. The van der Waals surface area contributed by atoms with Gasteiger partial charge in [-0.05, 0) is 43.8 Å². The maximum Gasteiger partial charge on any atom is 0.123 e. The van der Waals surface area contributed by atoms with Crippen molar-refractivity contribution in [2.24, 2.45) is 0 Å². The molecule has 1 aromatic carbocycles. The Hall–Kier alpha value is -0.450. The molecule has 0 amide bonds. The molecule has 1 aromatic rings. The van der Waals surface area contributed by atoms with Crippen LogP contribution < -0.4 is 5.32 Å². The molecule has 0 saturated heterocycles. The normalized spacial score (nSPS) is 13.0. The Morgan fingerprint density at radius 3 is 2.61 bits per heavy atom. The van der Waals surface area contributed by atoms with Crippen molar-refractivity contribution >= 4 is 15.9 Å². The Morgan fingerprint density at radius 1 is 1.33 bits per heavy atom. The molecule has 18 heavy (non-hydrogen) atoms. The fourth-order valence-corrected chi connectivity index (χ4v) is 2.28. The molecule has 1 atom stereocenters. The quantitative estimate of drug-likeness (QED) is 0.829. The van der Waals surface area contributed by atoms with E-state index in [9.17, 15) is 4.39 Å². The number of benzene rings is 1. The predicted octanol–water partition coefficient (Wildman–Crippen LogP) is 3.41. The molecular formula is C14H22BrFN2. The topological polar surface area (TPSA) is 15.3 Å². The molecule has 102 valence electrons. The zero-order valence-electron chi connectivity index (χ0n) is 11.3. The summed E-state index contributed by atoms with van der Waals surface area (Å²) in [5.74, 6) is -0.189. The predicted molar refractivity (Wildman–Crippen MR) is 78.2 cm³/mol. The third-order valence-corrected chi connectivity index (χ3v) is 3.85. The maximum absolute atomic E-state index is 13.1. The lowest BCUT2D eigenvalue weighted by molar-refractivity contribution is 0.270. The van der Waals surface area contributed by atoms with Crippen LogP contribution in [-0.2, 0) is 6.54 Å². The van der Waals surface area contributed by atoms with Crippen molar-refractivity contribution in [1.82, 2.24) is 10.2 Å². The van der Waals surface area contributed by atoms with E-state index < -0.39 is 0 Å². The lowest BCUT2D eigenvalue weighted by Gasteiger charge is -2.23. The Morgan fingerprint density at radius 2 is 2.00 bits per heavy atom. The van der Waals surface area contributed by atoms with Crippen LogP contribution in [0.2, 0.25) is 0 Å². The highest BCUT2D eigenvalue weighted by atomic mass is 79.9. The van der Waals surface area contributed by atoms with E-state index in [1.807, 2.05) is 0 Å². The molecule has 0 aliphatic heterocycles. The van der Waals surface area contributed by atoms with Crippen LogP contribution in [0.4, 0.5) is 4.39 Å². The molecule has 0 aliphatic carbocycles. The number of nitrogens with one attached hydrogen (secondary N) is 1. The average Bonchev–Trinajstić information content (AvgIpc) is 2.37. The number of likely N-dealkylation sites (N-methyl/N-ethyl adjacent to an activating group) is 1. The van der Waals surface area contributed by atoms with Crippen molar-refractivity contribution in [2.45, 2.75) is 33.4 Å². The van der Waals surface area contributed by atoms with E-state index in [0.29, 0.717) is 12.6 Å². The van der Waals surface area contributed by atoms with Crippen LogP contribution >= 0.6 is 15.9 Å². The summed E-state index contributed by atoms with van der Waals surface area (Å²) >= 11 is 3.44. The van der Waals surface area contributed by atoms with Crippen molar-refractivity contribution in [3.8, 4) is 0 Å². The Bertz CT molecular complexity index is 367. The molecular weight excluding hydrogens is 295 g/mol. The van der Waals surface area contributed by atoms with Gasteiger partial charge in [0.1, 0.15) is 5.82 Å². The highest BCUT2D eigenvalue weighted by molar-refractivity contribution is 9.10. The van der Waals surface area contributed by atoms with Crippen molar-refractivity contribution < 1.29 is 4.39 Å². The smallest absolute Gasteiger partial charge is 0.123 e. The van der Waals surface area contributed by atoms with Crippen LogP contribution in [0.15, 0.2) is 22.7 Å². The minimum Gasteiger partial charge on any atom is -0.309 e. The SMILES string of the molecule is CCN(CC)CC(C)NCc1cc(F)ccc1Br. The van der Waals surface area contributed by atoms with Gasteiger partial charge in [-0.15, -0.1) is 0 Å². The Labute approximate surface area is 118 Å². The first kappa shape index (κ1) is 15.6. The van der Waals surface area contributed by atoms with Crippen LogP contribution in [0.5, 0.6) is 0 Å². The van der Waals surface area contributed by atoms with E-state index in [0.717, 1.165) is 29.7 Å². The van der Waals surface area contributed by atoms with E-state index in [1.54, 1.807) is 12.1 Å². The van der Waals surface area contributed by atoms with E-state index in [1.165, 1.54) is 6.07 Å². The summed E-state index contributed by atoms with van der Waals surface area (Å²) in [6.07, 6.45) is 0. The number of rotatable bonds is 7. The summed E-state index contributed by atoms with van der Waals surface area (Å²) in [4.78, 5) is 2.37. The van der Waals surface area contributed by atoms with E-state index in [2.05, 4.69) is 46.9 Å². The largest absolute Gasteiger partial charge is 0.309 e. The molecule has 0 saturated carbocycles.